The number of rotatable bonds is 0. The maximum absolute atomic E-state index is 12.5. The Morgan fingerprint density at radius 2 is 2.17 bits per heavy atom. The first-order valence-electron chi connectivity index (χ1n) is 3.30. The summed E-state index contributed by atoms with van der Waals surface area (Å²) in [6.45, 7) is -1.27. The molecule has 1 aliphatic rings. The maximum atomic E-state index is 12.5. The number of hydrogen-bond acceptors (Lipinski definition) is 3. The molecule has 0 N–H and O–H groups in total. The van der Waals surface area contributed by atoms with E-state index < -0.39 is 30.8 Å². The Hall–Kier alpha value is -1.20. The van der Waals surface area contributed by atoms with Crippen LogP contribution >= 0.6 is 0 Å². The maximum Gasteiger partial charge on any atom is 0.322 e. The minimum absolute atomic E-state index is 0.198. The van der Waals surface area contributed by atoms with Gasteiger partial charge >= 0.3 is 5.92 Å². The van der Waals surface area contributed by atoms with Crippen LogP contribution in [0.15, 0.2) is 0 Å². The summed E-state index contributed by atoms with van der Waals surface area (Å²) in [6.07, 6.45) is -2.11. The highest BCUT2D eigenvalue weighted by Gasteiger charge is 2.43. The largest absolute Gasteiger partial charge is 0.530 e. The van der Waals surface area contributed by atoms with Crippen LogP contribution in [-0.2, 0) is 4.79 Å². The van der Waals surface area contributed by atoms with Gasteiger partial charge in [0.25, 0.3) is 0 Å². The second kappa shape index (κ2) is 2.69. The molecule has 0 aromatic rings. The van der Waals surface area contributed by atoms with E-state index in [1.54, 1.807) is 0 Å². The van der Waals surface area contributed by atoms with Crippen LogP contribution in [0.4, 0.5) is 13.6 Å². The second-order valence-electron chi connectivity index (χ2n) is 2.57. The quantitative estimate of drug-likeness (QED) is 0.489. The predicted octanol–water partition coefficient (Wildman–Crippen LogP) is -0.760. The van der Waals surface area contributed by atoms with Gasteiger partial charge in [-0.05, 0) is 0 Å². The van der Waals surface area contributed by atoms with Crippen LogP contribution in [0.25, 0.3) is 0 Å². The van der Waals surface area contributed by atoms with Crippen LogP contribution < -0.4 is 5.11 Å². The van der Waals surface area contributed by atoms with Gasteiger partial charge in [-0.3, -0.25) is 4.79 Å². The van der Waals surface area contributed by atoms with Gasteiger partial charge in [0.15, 0.2) is 0 Å². The van der Waals surface area contributed by atoms with Gasteiger partial charge in [-0.2, -0.15) is 8.78 Å². The molecule has 1 rings (SSSR count). The van der Waals surface area contributed by atoms with Crippen LogP contribution in [0.3, 0.4) is 0 Å². The highest BCUT2D eigenvalue weighted by Crippen LogP contribution is 2.22. The molecule has 12 heavy (non-hydrogen) atoms. The Kier molecular flexibility index (Phi) is 1.99. The summed E-state index contributed by atoms with van der Waals surface area (Å²) in [5.41, 5.74) is 0. The number of ketones is 1. The third-order valence-electron chi connectivity index (χ3n) is 1.66. The van der Waals surface area contributed by atoms with Gasteiger partial charge in [-0.15, -0.1) is 0 Å². The number of alkyl halides is 2. The van der Waals surface area contributed by atoms with Crippen LogP contribution in [0.1, 0.15) is 6.42 Å². The molecule has 0 aromatic heterocycles. The Labute approximate surface area is 66.8 Å². The first-order valence-corrected chi connectivity index (χ1v) is 3.30. The normalized spacial score (nSPS) is 22.5. The van der Waals surface area contributed by atoms with Crippen molar-refractivity contribution < 1.29 is 23.5 Å². The number of carbonyl (C=O) groups is 2. The number of likely N-dealkylation sites (tertiary alicyclic amines) is 1. The van der Waals surface area contributed by atoms with E-state index in [4.69, 9.17) is 0 Å². The molecule has 0 bridgehead atoms. The number of amides is 1. The van der Waals surface area contributed by atoms with Crippen LogP contribution in [0.2, 0.25) is 0 Å². The van der Waals surface area contributed by atoms with Gasteiger partial charge < -0.3 is 14.8 Å². The first kappa shape index (κ1) is 8.89. The number of halogens is 2. The molecule has 0 radical (unpaired) electrons. The van der Waals surface area contributed by atoms with Crippen LogP contribution in [-0.4, -0.2) is 35.8 Å². The van der Waals surface area contributed by atoms with Gasteiger partial charge in [0.05, 0.1) is 6.54 Å². The zero-order valence-corrected chi connectivity index (χ0v) is 6.05. The molecule has 0 aromatic carbocycles. The van der Waals surface area contributed by atoms with E-state index in [-0.39, 0.29) is 6.54 Å². The fraction of sp³-hybridized carbons (Fsp3) is 0.667. The molecule has 6 heteroatoms. The van der Waals surface area contributed by atoms with Gasteiger partial charge in [0, 0.05) is 13.0 Å². The third-order valence-corrected chi connectivity index (χ3v) is 1.66. The third kappa shape index (κ3) is 1.51. The number of piperidine rings is 1. The van der Waals surface area contributed by atoms with Crippen molar-refractivity contribution in [2.45, 2.75) is 12.3 Å². The lowest BCUT2D eigenvalue weighted by molar-refractivity contribution is -0.269. The lowest BCUT2D eigenvalue weighted by Crippen LogP contribution is -2.54. The van der Waals surface area contributed by atoms with E-state index in [0.29, 0.717) is 4.90 Å². The molecule has 1 fully saturated rings. The first-order chi connectivity index (χ1) is 5.43. The molecule has 1 amide bonds. The molecule has 0 spiro atoms. The summed E-state index contributed by atoms with van der Waals surface area (Å²) in [6, 6.07) is 0. The zero-order chi connectivity index (χ0) is 9.35. The lowest BCUT2D eigenvalue weighted by Gasteiger charge is -2.32. The molecule has 1 aliphatic heterocycles. The molecule has 1 saturated heterocycles. The molecule has 0 atom stereocenters. The summed E-state index contributed by atoms with van der Waals surface area (Å²) in [7, 11) is 0. The molecular formula is C6H6F2NO3-. The highest BCUT2D eigenvalue weighted by atomic mass is 19.3. The number of hydrogen-bond donors (Lipinski definition) is 0. The van der Waals surface area contributed by atoms with Crippen molar-refractivity contribution in [3.63, 3.8) is 0 Å². The van der Waals surface area contributed by atoms with Crippen LogP contribution in [0.5, 0.6) is 0 Å². The predicted molar refractivity (Wildman–Crippen MR) is 31.5 cm³/mol. The smallest absolute Gasteiger partial charge is 0.322 e. The van der Waals surface area contributed by atoms with Crippen molar-refractivity contribution in [2.24, 2.45) is 0 Å². The Morgan fingerprint density at radius 3 is 2.58 bits per heavy atom. The van der Waals surface area contributed by atoms with Gasteiger partial charge in [0.2, 0.25) is 5.78 Å². The van der Waals surface area contributed by atoms with Crippen LogP contribution in [0, 0.1) is 0 Å². The number of nitrogens with zero attached hydrogens (tertiary/aromatic N) is 1. The van der Waals surface area contributed by atoms with Gasteiger partial charge in [-0.25, -0.2) is 0 Å². The monoisotopic (exact) mass is 178 g/mol. The van der Waals surface area contributed by atoms with Gasteiger partial charge in [0.1, 0.15) is 6.09 Å². The standard InChI is InChI=1S/C6H7F2NO3/c7-6(8)3-9(5(11)12)2-1-4(6)10/h1-3H2,(H,11,12)/p-1. The van der Waals surface area contributed by atoms with Crippen molar-refractivity contribution in [1.29, 1.82) is 0 Å². The van der Waals surface area contributed by atoms with E-state index in [9.17, 15) is 23.5 Å². The summed E-state index contributed by atoms with van der Waals surface area (Å²) in [5, 5.41) is 10.1. The average molecular weight is 178 g/mol. The average Bonchev–Trinajstić information content (AvgIpc) is 1.94. The molecule has 0 saturated carbocycles. The van der Waals surface area contributed by atoms with E-state index in [0.717, 1.165) is 0 Å². The van der Waals surface area contributed by atoms with Gasteiger partial charge in [-0.1, -0.05) is 0 Å². The fourth-order valence-electron chi connectivity index (χ4n) is 0.982. The Balaban J connectivity index is 2.69. The molecule has 68 valence electrons. The topological polar surface area (TPSA) is 60.4 Å². The Morgan fingerprint density at radius 1 is 1.58 bits per heavy atom. The van der Waals surface area contributed by atoms with Crippen molar-refractivity contribution in [1.82, 2.24) is 4.90 Å². The van der Waals surface area contributed by atoms with E-state index in [2.05, 4.69) is 0 Å². The lowest BCUT2D eigenvalue weighted by atomic mass is 10.1. The minimum atomic E-state index is -3.54. The molecule has 0 unspecified atom stereocenters. The Bertz CT molecular complexity index is 229. The highest BCUT2D eigenvalue weighted by molar-refractivity contribution is 5.87. The summed E-state index contributed by atoms with van der Waals surface area (Å²) < 4.78 is 25.1. The minimum Gasteiger partial charge on any atom is -0.530 e. The van der Waals surface area contributed by atoms with Crippen molar-refractivity contribution in [2.75, 3.05) is 13.1 Å². The van der Waals surface area contributed by atoms with E-state index in [1.807, 2.05) is 0 Å². The molecule has 4 nitrogen and oxygen atoms in total. The van der Waals surface area contributed by atoms with Crippen molar-refractivity contribution >= 4 is 11.9 Å². The summed E-state index contributed by atoms with van der Waals surface area (Å²) >= 11 is 0. The number of carbonyl (C=O) groups excluding carboxylic acids is 2. The number of carboxylic acid groups (broad SMARTS) is 1. The molecular weight excluding hydrogens is 172 g/mol. The number of Topliss-reactive ketones (excluding diaryl/α,β-unsaturated/α-hetero) is 1. The van der Waals surface area contributed by atoms with E-state index in [1.165, 1.54) is 0 Å². The SMILES string of the molecule is O=C([O-])N1CCC(=O)C(F)(F)C1. The summed E-state index contributed by atoms with van der Waals surface area (Å²) in [4.78, 5) is 21.0. The van der Waals surface area contributed by atoms with Crippen molar-refractivity contribution in [3.8, 4) is 0 Å². The second-order valence-corrected chi connectivity index (χ2v) is 2.57. The summed E-state index contributed by atoms with van der Waals surface area (Å²) in [5.74, 6) is -4.75. The fourth-order valence-corrected chi connectivity index (χ4v) is 0.982. The molecule has 0 aliphatic carbocycles. The zero-order valence-electron chi connectivity index (χ0n) is 6.05. The molecule has 1 heterocycles. The van der Waals surface area contributed by atoms with E-state index >= 15 is 0 Å². The van der Waals surface area contributed by atoms with Crippen molar-refractivity contribution in [3.05, 3.63) is 0 Å².